The van der Waals surface area contributed by atoms with E-state index in [-0.39, 0.29) is 12.1 Å². The molecule has 2 aliphatic rings. The number of benzene rings is 3. The summed E-state index contributed by atoms with van der Waals surface area (Å²) in [7, 11) is 0. The van der Waals surface area contributed by atoms with Gasteiger partial charge in [0.25, 0.3) is 0 Å². The molecule has 0 radical (unpaired) electrons. The van der Waals surface area contributed by atoms with Crippen molar-refractivity contribution in [1.82, 2.24) is 5.32 Å². The summed E-state index contributed by atoms with van der Waals surface area (Å²) >= 11 is 0. The van der Waals surface area contributed by atoms with Gasteiger partial charge in [-0.15, -0.1) is 0 Å². The third-order valence-electron chi connectivity index (χ3n) is 7.03. The molecule has 0 saturated carbocycles. The minimum atomic E-state index is 0.254. The van der Waals surface area contributed by atoms with Gasteiger partial charge in [0.15, 0.2) is 0 Å². The Kier molecular flexibility index (Phi) is 4.92. The van der Waals surface area contributed by atoms with Crippen molar-refractivity contribution in [2.24, 2.45) is 4.99 Å². The highest BCUT2D eigenvalue weighted by atomic mass is 16.3. The first kappa shape index (κ1) is 19.5. The molecule has 1 N–H and O–H groups in total. The molecule has 4 aromatic rings. The molecule has 6 rings (SSSR count). The molecule has 0 fully saturated rings. The van der Waals surface area contributed by atoms with E-state index in [9.17, 15) is 0 Å². The predicted molar refractivity (Wildman–Crippen MR) is 131 cm³/mol. The first-order chi connectivity index (χ1) is 15.8. The highest BCUT2D eigenvalue weighted by Crippen LogP contribution is 2.40. The fourth-order valence-corrected chi connectivity index (χ4v) is 5.27. The van der Waals surface area contributed by atoms with Crippen molar-refractivity contribution in [2.45, 2.75) is 44.7 Å². The van der Waals surface area contributed by atoms with E-state index in [0.717, 1.165) is 37.2 Å². The summed E-state index contributed by atoms with van der Waals surface area (Å²) in [6.07, 6.45) is 6.43. The standard InChI is InChI=1S/C29H28N2O/c1-19(20-6-3-2-4-7-20)31-27-9-5-8-25-26-17-23(12-13-28(26)32-29(25)27)22-11-10-21-14-15-30-18-24(21)16-22/h2-4,6-7,10-13,16-19,27,31H,5,8-9,14-15H2,1H3/t19-,27?/m1/s1. The third kappa shape index (κ3) is 3.47. The van der Waals surface area contributed by atoms with Gasteiger partial charge in [-0.1, -0.05) is 48.5 Å². The molecule has 32 heavy (non-hydrogen) atoms. The fraction of sp³-hybridized carbons (Fsp3) is 0.276. The topological polar surface area (TPSA) is 37.5 Å². The second kappa shape index (κ2) is 8.07. The van der Waals surface area contributed by atoms with E-state index in [0.29, 0.717) is 0 Å². The average molecular weight is 421 g/mol. The maximum atomic E-state index is 6.44. The fourth-order valence-electron chi connectivity index (χ4n) is 5.27. The Labute approximate surface area is 189 Å². The quantitative estimate of drug-likeness (QED) is 0.394. The first-order valence-electron chi connectivity index (χ1n) is 11.8. The molecule has 3 nitrogen and oxygen atoms in total. The van der Waals surface area contributed by atoms with Crippen molar-refractivity contribution in [3.8, 4) is 11.1 Å². The van der Waals surface area contributed by atoms with Gasteiger partial charge in [-0.3, -0.25) is 4.99 Å². The third-order valence-corrected chi connectivity index (χ3v) is 7.03. The number of hydrogen-bond donors (Lipinski definition) is 1. The molecule has 2 heterocycles. The summed E-state index contributed by atoms with van der Waals surface area (Å²) in [5, 5.41) is 5.09. The van der Waals surface area contributed by atoms with Crippen molar-refractivity contribution in [3.05, 3.63) is 94.7 Å². The lowest BCUT2D eigenvalue weighted by Gasteiger charge is -2.26. The number of fused-ring (bicyclic) bond motifs is 4. The van der Waals surface area contributed by atoms with Crippen molar-refractivity contribution in [3.63, 3.8) is 0 Å². The summed E-state index contributed by atoms with van der Waals surface area (Å²) in [5.41, 5.74) is 8.83. The van der Waals surface area contributed by atoms with Crippen LogP contribution in [-0.2, 0) is 12.8 Å². The van der Waals surface area contributed by atoms with Crippen molar-refractivity contribution >= 4 is 17.2 Å². The first-order valence-corrected chi connectivity index (χ1v) is 11.8. The van der Waals surface area contributed by atoms with Crippen LogP contribution in [0.5, 0.6) is 0 Å². The van der Waals surface area contributed by atoms with Crippen LogP contribution in [0.15, 0.2) is 76.1 Å². The van der Waals surface area contributed by atoms with Crippen LogP contribution in [0.2, 0.25) is 0 Å². The summed E-state index contributed by atoms with van der Waals surface area (Å²) in [4.78, 5) is 4.46. The van der Waals surface area contributed by atoms with Crippen molar-refractivity contribution in [1.29, 1.82) is 0 Å². The van der Waals surface area contributed by atoms with Crippen LogP contribution in [0.3, 0.4) is 0 Å². The van der Waals surface area contributed by atoms with Gasteiger partial charge in [-0.25, -0.2) is 0 Å². The minimum Gasteiger partial charge on any atom is -0.459 e. The number of nitrogens with one attached hydrogen (secondary N) is 1. The number of aryl methyl sites for hydroxylation is 1. The predicted octanol–water partition coefficient (Wildman–Crippen LogP) is 6.80. The summed E-state index contributed by atoms with van der Waals surface area (Å²) in [6.45, 7) is 3.14. The monoisotopic (exact) mass is 420 g/mol. The van der Waals surface area contributed by atoms with Crippen LogP contribution < -0.4 is 5.32 Å². The minimum absolute atomic E-state index is 0.254. The van der Waals surface area contributed by atoms with Gasteiger partial charge < -0.3 is 9.73 Å². The smallest absolute Gasteiger partial charge is 0.134 e. The zero-order chi connectivity index (χ0) is 21.5. The molecule has 160 valence electrons. The van der Waals surface area contributed by atoms with Crippen LogP contribution >= 0.6 is 0 Å². The van der Waals surface area contributed by atoms with E-state index in [2.05, 4.69) is 84.0 Å². The van der Waals surface area contributed by atoms with Crippen molar-refractivity contribution in [2.75, 3.05) is 6.54 Å². The van der Waals surface area contributed by atoms with Crippen LogP contribution in [0.25, 0.3) is 22.1 Å². The zero-order valence-corrected chi connectivity index (χ0v) is 18.5. The molecule has 1 aliphatic heterocycles. The second-order valence-electron chi connectivity index (χ2n) is 9.10. The summed E-state index contributed by atoms with van der Waals surface area (Å²) in [6, 6.07) is 24.6. The van der Waals surface area contributed by atoms with Crippen LogP contribution in [-0.4, -0.2) is 12.8 Å². The molecule has 0 amide bonds. The molecular weight excluding hydrogens is 392 g/mol. The Hall–Kier alpha value is -3.17. The molecule has 1 aromatic heterocycles. The number of aliphatic imine (C=N–C) groups is 1. The lowest BCUT2D eigenvalue weighted by atomic mass is 9.90. The Morgan fingerprint density at radius 1 is 0.969 bits per heavy atom. The van der Waals surface area contributed by atoms with E-state index < -0.39 is 0 Å². The lowest BCUT2D eigenvalue weighted by molar-refractivity contribution is 0.353. The van der Waals surface area contributed by atoms with Crippen LogP contribution in [0.1, 0.15) is 59.9 Å². The van der Waals surface area contributed by atoms with E-state index in [4.69, 9.17) is 4.42 Å². The lowest BCUT2D eigenvalue weighted by Crippen LogP contribution is -2.27. The number of hydrogen-bond acceptors (Lipinski definition) is 3. The maximum Gasteiger partial charge on any atom is 0.134 e. The van der Waals surface area contributed by atoms with Gasteiger partial charge in [0.05, 0.1) is 6.04 Å². The van der Waals surface area contributed by atoms with E-state index in [1.807, 2.05) is 6.21 Å². The van der Waals surface area contributed by atoms with Gasteiger partial charge in [0, 0.05) is 29.8 Å². The second-order valence-corrected chi connectivity index (χ2v) is 9.10. The highest BCUT2D eigenvalue weighted by molar-refractivity contribution is 5.90. The molecule has 2 atom stereocenters. The summed E-state index contributed by atoms with van der Waals surface area (Å²) in [5.74, 6) is 1.13. The van der Waals surface area contributed by atoms with Gasteiger partial charge in [-0.2, -0.15) is 0 Å². The molecular formula is C29H28N2O. The zero-order valence-electron chi connectivity index (χ0n) is 18.5. The van der Waals surface area contributed by atoms with Crippen LogP contribution in [0, 0.1) is 0 Å². The largest absolute Gasteiger partial charge is 0.459 e. The van der Waals surface area contributed by atoms with Gasteiger partial charge >= 0.3 is 0 Å². The molecule has 3 aromatic carbocycles. The van der Waals surface area contributed by atoms with Gasteiger partial charge in [0.2, 0.25) is 0 Å². The number of furan rings is 1. The van der Waals surface area contributed by atoms with E-state index >= 15 is 0 Å². The maximum absolute atomic E-state index is 6.44. The summed E-state index contributed by atoms with van der Waals surface area (Å²) < 4.78 is 6.44. The SMILES string of the molecule is C[C@@H](NC1CCCc2c1oc1ccc(-c3ccc4c(c3)C=NCC4)cc21)c1ccccc1. The molecule has 0 bridgehead atoms. The number of nitrogens with zero attached hydrogens (tertiary/aromatic N) is 1. The molecule has 0 saturated heterocycles. The van der Waals surface area contributed by atoms with Gasteiger partial charge in [-0.05, 0) is 78.6 Å². The Morgan fingerprint density at radius 2 is 1.81 bits per heavy atom. The Morgan fingerprint density at radius 3 is 2.72 bits per heavy atom. The Bertz CT molecular complexity index is 1300. The van der Waals surface area contributed by atoms with E-state index in [1.54, 1.807) is 0 Å². The molecule has 1 aliphatic carbocycles. The molecule has 0 spiro atoms. The normalized spacial score (nSPS) is 18.3. The molecule has 1 unspecified atom stereocenters. The average Bonchev–Trinajstić information content (AvgIpc) is 3.23. The number of rotatable bonds is 4. The molecule has 3 heteroatoms. The van der Waals surface area contributed by atoms with E-state index in [1.165, 1.54) is 45.2 Å². The highest BCUT2D eigenvalue weighted by Gasteiger charge is 2.28. The van der Waals surface area contributed by atoms with Crippen molar-refractivity contribution < 1.29 is 4.42 Å². The van der Waals surface area contributed by atoms with Gasteiger partial charge in [0.1, 0.15) is 11.3 Å². The van der Waals surface area contributed by atoms with Crippen LogP contribution in [0.4, 0.5) is 0 Å². The Balaban J connectivity index is 1.34.